The molecular weight excluding hydrogens is 236 g/mol. The third-order valence-electron chi connectivity index (χ3n) is 2.75. The average molecular weight is 250 g/mol. The Morgan fingerprint density at radius 2 is 2.11 bits per heavy atom. The van der Waals surface area contributed by atoms with Gasteiger partial charge in [-0.15, -0.1) is 0 Å². The number of hydrogen-bond acceptors (Lipinski definition) is 4. The van der Waals surface area contributed by atoms with E-state index in [2.05, 4.69) is 5.43 Å². The van der Waals surface area contributed by atoms with E-state index in [1.54, 1.807) is 0 Å². The van der Waals surface area contributed by atoms with Crippen LogP contribution >= 0.6 is 0 Å². The van der Waals surface area contributed by atoms with Crippen LogP contribution in [-0.2, 0) is 16.1 Å². The second kappa shape index (κ2) is 5.50. The van der Waals surface area contributed by atoms with Crippen LogP contribution in [0.2, 0.25) is 0 Å². The van der Waals surface area contributed by atoms with Gasteiger partial charge in [0.25, 0.3) is 0 Å². The zero-order valence-electron chi connectivity index (χ0n) is 9.70. The van der Waals surface area contributed by atoms with Crippen molar-refractivity contribution in [2.45, 2.75) is 19.1 Å². The largest absolute Gasteiger partial charge is 0.480 e. The lowest BCUT2D eigenvalue weighted by atomic mass is 10.1. The summed E-state index contributed by atoms with van der Waals surface area (Å²) in [6.07, 6.45) is -0.0984. The molecule has 0 radical (unpaired) electrons. The highest BCUT2D eigenvalue weighted by atomic mass is 16.6. The maximum Gasteiger partial charge on any atom is 0.422 e. The molecule has 1 heterocycles. The lowest BCUT2D eigenvalue weighted by Gasteiger charge is -2.36. The van der Waals surface area contributed by atoms with E-state index in [1.165, 1.54) is 5.01 Å². The summed E-state index contributed by atoms with van der Waals surface area (Å²) in [6, 6.07) is 8.63. The average Bonchev–Trinajstić information content (AvgIpc) is 2.32. The molecule has 1 fully saturated rings. The molecule has 1 aromatic rings. The van der Waals surface area contributed by atoms with Crippen molar-refractivity contribution in [1.29, 1.82) is 0 Å². The molecule has 1 aliphatic rings. The van der Waals surface area contributed by atoms with Gasteiger partial charge >= 0.3 is 12.1 Å². The fourth-order valence-electron chi connectivity index (χ4n) is 1.65. The zero-order valence-corrected chi connectivity index (χ0v) is 9.70. The molecule has 0 aliphatic carbocycles. The minimum Gasteiger partial charge on any atom is -0.480 e. The van der Waals surface area contributed by atoms with Gasteiger partial charge in [-0.3, -0.25) is 10.2 Å². The van der Waals surface area contributed by atoms with Crippen molar-refractivity contribution in [3.05, 3.63) is 35.9 Å². The number of hydrazine groups is 1. The molecule has 18 heavy (non-hydrogen) atoms. The van der Waals surface area contributed by atoms with E-state index in [9.17, 15) is 9.59 Å². The summed E-state index contributed by atoms with van der Waals surface area (Å²) in [5.74, 6) is -0.940. The lowest BCUT2D eigenvalue weighted by molar-refractivity contribution is -0.150. The molecular formula is C12H14N2O4. The Labute approximate surface area is 104 Å². The van der Waals surface area contributed by atoms with Crippen molar-refractivity contribution in [3.63, 3.8) is 0 Å². The summed E-state index contributed by atoms with van der Waals surface area (Å²) in [5, 5.41) is 10.1. The van der Waals surface area contributed by atoms with Crippen LogP contribution < -0.4 is 5.43 Å². The monoisotopic (exact) mass is 250 g/mol. The number of nitrogens with one attached hydrogen (secondary N) is 1. The van der Waals surface area contributed by atoms with E-state index in [4.69, 9.17) is 9.84 Å². The summed E-state index contributed by atoms with van der Waals surface area (Å²) in [6.45, 7) is 0.690. The Kier molecular flexibility index (Phi) is 3.78. The van der Waals surface area contributed by atoms with Gasteiger partial charge in [-0.05, 0) is 12.0 Å². The Bertz CT molecular complexity index is 435. The van der Waals surface area contributed by atoms with E-state index in [1.807, 2.05) is 30.3 Å². The van der Waals surface area contributed by atoms with Gasteiger partial charge in [0.2, 0.25) is 0 Å². The van der Waals surface area contributed by atoms with E-state index >= 15 is 0 Å². The number of carboxylic acids is 1. The summed E-state index contributed by atoms with van der Waals surface area (Å²) in [7, 11) is 0. The molecule has 1 atom stereocenters. The first-order chi connectivity index (χ1) is 8.66. The van der Waals surface area contributed by atoms with Gasteiger partial charge in [-0.1, -0.05) is 30.3 Å². The molecule has 0 bridgehead atoms. The van der Waals surface area contributed by atoms with E-state index in [0.717, 1.165) is 5.56 Å². The van der Waals surface area contributed by atoms with Crippen LogP contribution in [0.3, 0.4) is 0 Å². The quantitative estimate of drug-likeness (QED) is 0.833. The van der Waals surface area contributed by atoms with Gasteiger partial charge in [0.05, 0.1) is 0 Å². The van der Waals surface area contributed by atoms with Gasteiger partial charge < -0.3 is 9.84 Å². The first kappa shape index (κ1) is 12.4. The number of nitrogens with zero attached hydrogens (tertiary/aromatic N) is 1. The minimum atomic E-state index is -0.940. The predicted octanol–water partition coefficient (Wildman–Crippen LogP) is 0.987. The van der Waals surface area contributed by atoms with E-state index in [0.29, 0.717) is 13.0 Å². The van der Waals surface area contributed by atoms with E-state index in [-0.39, 0.29) is 6.61 Å². The molecule has 96 valence electrons. The maximum atomic E-state index is 11.4. The summed E-state index contributed by atoms with van der Waals surface area (Å²) in [5.41, 5.74) is 3.29. The molecule has 1 aliphatic heterocycles. The summed E-state index contributed by atoms with van der Waals surface area (Å²) >= 11 is 0. The van der Waals surface area contributed by atoms with Crippen LogP contribution in [0.25, 0.3) is 0 Å². The van der Waals surface area contributed by atoms with Crippen LogP contribution in [0.1, 0.15) is 12.0 Å². The third-order valence-corrected chi connectivity index (χ3v) is 2.75. The van der Waals surface area contributed by atoms with Gasteiger partial charge in [0, 0.05) is 6.54 Å². The standard InChI is InChI=1S/C12H14N2O4/c15-11(16)10-6-7-14(10)13-12(17)18-8-9-4-2-1-3-5-9/h1-5,10H,6-8H2,(H,13,17)(H,15,16). The Morgan fingerprint density at radius 3 is 2.67 bits per heavy atom. The minimum absolute atomic E-state index is 0.165. The van der Waals surface area contributed by atoms with Crippen LogP contribution in [0, 0.1) is 0 Å². The van der Waals surface area contributed by atoms with Crippen molar-refractivity contribution < 1.29 is 19.4 Å². The van der Waals surface area contributed by atoms with Crippen molar-refractivity contribution in [1.82, 2.24) is 10.4 Å². The summed E-state index contributed by atoms with van der Waals surface area (Å²) < 4.78 is 4.98. The number of ether oxygens (including phenoxy) is 1. The summed E-state index contributed by atoms with van der Waals surface area (Å²) in [4.78, 5) is 22.1. The van der Waals surface area contributed by atoms with Crippen molar-refractivity contribution in [2.75, 3.05) is 6.54 Å². The number of carbonyl (C=O) groups excluding carboxylic acids is 1. The van der Waals surface area contributed by atoms with Gasteiger partial charge in [-0.25, -0.2) is 9.80 Å². The number of carbonyl (C=O) groups is 2. The van der Waals surface area contributed by atoms with Crippen LogP contribution in [-0.4, -0.2) is 34.8 Å². The highest BCUT2D eigenvalue weighted by Crippen LogP contribution is 2.14. The molecule has 2 rings (SSSR count). The fourth-order valence-corrected chi connectivity index (χ4v) is 1.65. The Morgan fingerprint density at radius 1 is 1.39 bits per heavy atom. The highest BCUT2D eigenvalue weighted by molar-refractivity contribution is 5.75. The SMILES string of the molecule is O=C(NN1CCC1C(=O)O)OCc1ccccc1. The van der Waals surface area contributed by atoms with Crippen LogP contribution in [0.15, 0.2) is 30.3 Å². The van der Waals surface area contributed by atoms with Gasteiger partial charge in [-0.2, -0.15) is 0 Å². The number of hydrogen-bond donors (Lipinski definition) is 2. The first-order valence-electron chi connectivity index (χ1n) is 5.63. The fraction of sp³-hybridized carbons (Fsp3) is 0.333. The smallest absolute Gasteiger partial charge is 0.422 e. The van der Waals surface area contributed by atoms with E-state index < -0.39 is 18.1 Å². The molecule has 6 nitrogen and oxygen atoms in total. The third kappa shape index (κ3) is 2.98. The van der Waals surface area contributed by atoms with Gasteiger partial charge in [0.1, 0.15) is 12.6 Å². The molecule has 0 aromatic heterocycles. The molecule has 1 unspecified atom stereocenters. The molecule has 1 saturated heterocycles. The molecule has 0 spiro atoms. The Hall–Kier alpha value is -2.08. The first-order valence-corrected chi connectivity index (χ1v) is 5.63. The highest BCUT2D eigenvalue weighted by Gasteiger charge is 2.35. The molecule has 0 saturated carbocycles. The topological polar surface area (TPSA) is 78.9 Å². The second-order valence-electron chi connectivity index (χ2n) is 4.01. The normalized spacial score (nSPS) is 18.8. The predicted molar refractivity (Wildman–Crippen MR) is 62.5 cm³/mol. The molecule has 1 amide bonds. The second-order valence-corrected chi connectivity index (χ2v) is 4.01. The number of benzene rings is 1. The van der Waals surface area contributed by atoms with Crippen LogP contribution in [0.5, 0.6) is 0 Å². The molecule has 2 N–H and O–H groups in total. The van der Waals surface area contributed by atoms with Crippen molar-refractivity contribution in [3.8, 4) is 0 Å². The van der Waals surface area contributed by atoms with Gasteiger partial charge in [0.15, 0.2) is 0 Å². The zero-order chi connectivity index (χ0) is 13.0. The maximum absolute atomic E-state index is 11.4. The molecule has 6 heteroatoms. The number of carboxylic acid groups (broad SMARTS) is 1. The number of amides is 1. The van der Waals surface area contributed by atoms with Crippen LogP contribution in [0.4, 0.5) is 4.79 Å². The lowest BCUT2D eigenvalue weighted by Crippen LogP contribution is -2.60. The molecule has 1 aromatic carbocycles. The number of aliphatic carboxylic acids is 1. The number of rotatable bonds is 4. The van der Waals surface area contributed by atoms with Crippen molar-refractivity contribution >= 4 is 12.1 Å². The Balaban J connectivity index is 1.74. The van der Waals surface area contributed by atoms with Crippen molar-refractivity contribution in [2.24, 2.45) is 0 Å².